The van der Waals surface area contributed by atoms with Crippen LogP contribution in [-0.2, 0) is 0 Å². The van der Waals surface area contributed by atoms with E-state index in [0.29, 0.717) is 11.8 Å². The van der Waals surface area contributed by atoms with Crippen molar-refractivity contribution in [3.8, 4) is 0 Å². The second kappa shape index (κ2) is 5.83. The summed E-state index contributed by atoms with van der Waals surface area (Å²) in [5.74, 6) is 0.536. The van der Waals surface area contributed by atoms with Gasteiger partial charge >= 0.3 is 0 Å². The minimum Gasteiger partial charge on any atom is -0.292 e. The number of ketones is 1. The largest absolute Gasteiger partial charge is 0.292 e. The molecule has 2 aromatic rings. The minimum atomic E-state index is 0.140. The summed E-state index contributed by atoms with van der Waals surface area (Å²) in [5.41, 5.74) is 0. The lowest BCUT2D eigenvalue weighted by molar-refractivity contribution is 0.102. The van der Waals surface area contributed by atoms with E-state index in [9.17, 15) is 4.79 Å². The Kier molecular flexibility index (Phi) is 3.93. The first-order chi connectivity index (χ1) is 9.34. The summed E-state index contributed by atoms with van der Waals surface area (Å²) in [6, 6.07) is 4.16. The molecule has 0 aliphatic heterocycles. The number of carbonyl (C=O) groups excluding carboxylic acids is 1. The Morgan fingerprint density at radius 3 is 3.05 bits per heavy atom. The number of nitrogens with zero attached hydrogens (tertiary/aromatic N) is 4. The van der Waals surface area contributed by atoms with Gasteiger partial charge in [-0.1, -0.05) is 30.7 Å². The van der Waals surface area contributed by atoms with Gasteiger partial charge in [-0.3, -0.25) is 4.79 Å². The van der Waals surface area contributed by atoms with Gasteiger partial charge in [-0.25, -0.2) is 4.68 Å². The topological polar surface area (TPSA) is 60.7 Å². The maximum absolute atomic E-state index is 11.9. The van der Waals surface area contributed by atoms with E-state index in [2.05, 4.69) is 15.5 Å². The summed E-state index contributed by atoms with van der Waals surface area (Å²) in [6.45, 7) is 0. The number of tetrazole rings is 1. The van der Waals surface area contributed by atoms with Crippen molar-refractivity contribution in [2.75, 3.05) is 5.75 Å². The molecule has 2 aromatic heterocycles. The van der Waals surface area contributed by atoms with E-state index in [1.165, 1.54) is 35.9 Å². The molecule has 0 unspecified atom stereocenters. The molecule has 0 aromatic carbocycles. The molecule has 19 heavy (non-hydrogen) atoms. The van der Waals surface area contributed by atoms with Crippen molar-refractivity contribution in [1.29, 1.82) is 0 Å². The number of hydrogen-bond acceptors (Lipinski definition) is 6. The third-order valence-electron chi connectivity index (χ3n) is 3.26. The van der Waals surface area contributed by atoms with Gasteiger partial charge in [0, 0.05) is 0 Å². The van der Waals surface area contributed by atoms with Crippen molar-refractivity contribution in [1.82, 2.24) is 20.2 Å². The molecular weight excluding hydrogens is 280 g/mol. The van der Waals surface area contributed by atoms with Crippen molar-refractivity contribution in [3.05, 3.63) is 22.4 Å². The zero-order valence-electron chi connectivity index (χ0n) is 10.4. The number of rotatable bonds is 5. The zero-order chi connectivity index (χ0) is 13.1. The molecule has 1 aliphatic carbocycles. The molecular formula is C12H14N4OS2. The van der Waals surface area contributed by atoms with E-state index >= 15 is 0 Å². The van der Waals surface area contributed by atoms with Crippen LogP contribution in [0.25, 0.3) is 0 Å². The lowest BCUT2D eigenvalue weighted by atomic mass is 10.3. The Balaban J connectivity index is 1.64. The summed E-state index contributed by atoms with van der Waals surface area (Å²) >= 11 is 2.91. The van der Waals surface area contributed by atoms with Crippen LogP contribution in [0.3, 0.4) is 0 Å². The Morgan fingerprint density at radius 1 is 1.47 bits per heavy atom. The summed E-state index contributed by atoms with van der Waals surface area (Å²) in [4.78, 5) is 12.7. The van der Waals surface area contributed by atoms with Crippen LogP contribution >= 0.6 is 23.1 Å². The van der Waals surface area contributed by atoms with Gasteiger partial charge in [0.05, 0.1) is 16.7 Å². The highest BCUT2D eigenvalue weighted by atomic mass is 32.2. The molecule has 0 N–H and O–H groups in total. The number of hydrogen-bond donors (Lipinski definition) is 0. The first-order valence-electron chi connectivity index (χ1n) is 6.32. The number of thioether (sulfide) groups is 1. The average molecular weight is 294 g/mol. The van der Waals surface area contributed by atoms with Gasteiger partial charge in [-0.05, 0) is 34.7 Å². The van der Waals surface area contributed by atoms with Crippen LogP contribution in [0.4, 0.5) is 0 Å². The summed E-state index contributed by atoms with van der Waals surface area (Å²) in [6.07, 6.45) is 4.75. The van der Waals surface area contributed by atoms with E-state index < -0.39 is 0 Å². The molecule has 1 fully saturated rings. The fraction of sp³-hybridized carbons (Fsp3) is 0.500. The van der Waals surface area contributed by atoms with Crippen molar-refractivity contribution in [3.63, 3.8) is 0 Å². The van der Waals surface area contributed by atoms with Crippen LogP contribution in [-0.4, -0.2) is 31.7 Å². The predicted molar refractivity (Wildman–Crippen MR) is 74.7 cm³/mol. The SMILES string of the molecule is O=C(CSc1nnnn1C1CCCC1)c1cccs1. The predicted octanol–water partition coefficient (Wildman–Crippen LogP) is 2.82. The van der Waals surface area contributed by atoms with Gasteiger partial charge in [0.25, 0.3) is 0 Å². The smallest absolute Gasteiger partial charge is 0.210 e. The Labute approximate surface area is 119 Å². The van der Waals surface area contributed by atoms with Crippen molar-refractivity contribution in [2.24, 2.45) is 0 Å². The maximum atomic E-state index is 11.9. The van der Waals surface area contributed by atoms with Crippen molar-refractivity contribution < 1.29 is 4.79 Å². The molecule has 0 bridgehead atoms. The standard InChI is InChI=1S/C12H14N4OS2/c17-10(11-6-3-7-18-11)8-19-12-13-14-15-16(12)9-4-1-2-5-9/h3,6-7,9H,1-2,4-5,8H2. The number of Topliss-reactive ketones (excluding diaryl/α,β-unsaturated/α-hetero) is 1. The summed E-state index contributed by atoms with van der Waals surface area (Å²) in [7, 11) is 0. The molecule has 5 nitrogen and oxygen atoms in total. The highest BCUT2D eigenvalue weighted by Crippen LogP contribution is 2.31. The summed E-state index contributed by atoms with van der Waals surface area (Å²) in [5, 5.41) is 14.5. The van der Waals surface area contributed by atoms with Crippen molar-refractivity contribution >= 4 is 28.9 Å². The highest BCUT2D eigenvalue weighted by Gasteiger charge is 2.22. The molecule has 0 saturated heterocycles. The van der Waals surface area contributed by atoms with Gasteiger partial charge < -0.3 is 0 Å². The molecule has 1 saturated carbocycles. The lowest BCUT2D eigenvalue weighted by Gasteiger charge is -2.10. The van der Waals surface area contributed by atoms with Gasteiger partial charge in [-0.2, -0.15) is 0 Å². The van der Waals surface area contributed by atoms with Crippen LogP contribution in [0.15, 0.2) is 22.7 Å². The maximum Gasteiger partial charge on any atom is 0.210 e. The molecule has 1 aliphatic rings. The first-order valence-corrected chi connectivity index (χ1v) is 8.18. The fourth-order valence-electron chi connectivity index (χ4n) is 2.30. The molecule has 7 heteroatoms. The minimum absolute atomic E-state index is 0.140. The van der Waals surface area contributed by atoms with Crippen LogP contribution in [0.2, 0.25) is 0 Å². The van der Waals surface area contributed by atoms with Crippen LogP contribution in [0.1, 0.15) is 41.4 Å². The highest BCUT2D eigenvalue weighted by molar-refractivity contribution is 7.99. The van der Waals surface area contributed by atoms with Gasteiger partial charge in [0.2, 0.25) is 5.16 Å². The van der Waals surface area contributed by atoms with E-state index in [0.717, 1.165) is 22.9 Å². The second-order valence-corrected chi connectivity index (χ2v) is 6.42. The van der Waals surface area contributed by atoms with Gasteiger partial charge in [0.1, 0.15) is 0 Å². The van der Waals surface area contributed by atoms with E-state index in [-0.39, 0.29) is 5.78 Å². The monoisotopic (exact) mass is 294 g/mol. The third-order valence-corrected chi connectivity index (χ3v) is 5.11. The molecule has 0 atom stereocenters. The molecule has 3 rings (SSSR count). The van der Waals surface area contributed by atoms with Crippen LogP contribution in [0.5, 0.6) is 0 Å². The molecule has 0 radical (unpaired) electrons. The fourth-order valence-corrected chi connectivity index (χ4v) is 3.88. The quantitative estimate of drug-likeness (QED) is 0.627. The molecule has 0 spiro atoms. The number of carbonyl (C=O) groups is 1. The van der Waals surface area contributed by atoms with Crippen LogP contribution < -0.4 is 0 Å². The lowest BCUT2D eigenvalue weighted by Crippen LogP contribution is -2.09. The molecule has 100 valence electrons. The van der Waals surface area contributed by atoms with E-state index in [1.54, 1.807) is 0 Å². The second-order valence-electron chi connectivity index (χ2n) is 4.53. The van der Waals surface area contributed by atoms with Gasteiger partial charge in [0.15, 0.2) is 5.78 Å². The number of thiophene rings is 1. The van der Waals surface area contributed by atoms with Gasteiger partial charge in [-0.15, -0.1) is 16.4 Å². The molecule has 2 heterocycles. The Hall–Kier alpha value is -1.21. The molecule has 0 amide bonds. The Morgan fingerprint density at radius 2 is 2.32 bits per heavy atom. The third kappa shape index (κ3) is 2.87. The zero-order valence-corrected chi connectivity index (χ0v) is 12.0. The average Bonchev–Trinajstić information content (AvgIpc) is 3.14. The van der Waals surface area contributed by atoms with E-state index in [4.69, 9.17) is 0 Å². The first kappa shape index (κ1) is 12.8. The van der Waals surface area contributed by atoms with E-state index in [1.807, 2.05) is 22.2 Å². The normalized spacial score (nSPS) is 16.0. The number of aromatic nitrogens is 4. The van der Waals surface area contributed by atoms with Crippen molar-refractivity contribution in [2.45, 2.75) is 36.9 Å². The van der Waals surface area contributed by atoms with Crippen LogP contribution in [0, 0.1) is 0 Å². The summed E-state index contributed by atoms with van der Waals surface area (Å²) < 4.78 is 1.89. The Bertz CT molecular complexity index is 546.